The van der Waals surface area contributed by atoms with Crippen molar-refractivity contribution in [3.05, 3.63) is 94.3 Å². The molecule has 0 N–H and O–H groups in total. The average Bonchev–Trinajstić information content (AvgIpc) is 2.76. The average molecular weight is 424 g/mol. The third kappa shape index (κ3) is 4.25. The highest BCUT2D eigenvalue weighted by Gasteiger charge is 2.23. The van der Waals surface area contributed by atoms with Gasteiger partial charge in [-0.25, -0.2) is 0 Å². The van der Waals surface area contributed by atoms with Crippen LogP contribution in [-0.4, -0.2) is 16.2 Å². The molecule has 164 valence electrons. The molecule has 2 aromatic carbocycles. The molecule has 2 heterocycles. The minimum Gasteiger partial charge on any atom is -0.261 e. The highest BCUT2D eigenvalue weighted by atomic mass is 15.5. The van der Waals surface area contributed by atoms with Crippen LogP contribution in [0.2, 0.25) is 0 Å². The molecule has 0 saturated heterocycles. The lowest BCUT2D eigenvalue weighted by molar-refractivity contribution is 0.414. The summed E-state index contributed by atoms with van der Waals surface area (Å²) in [6.45, 7) is 18.3. The van der Waals surface area contributed by atoms with Crippen LogP contribution >= 0.6 is 0 Å². The SMILES string of the molecule is C=C1c2c(C)cc(C(C)(C)C)cc2C=NN1Cc1ccc(-c2ccnc(CC)c2)cc1C. The predicted molar refractivity (Wildman–Crippen MR) is 136 cm³/mol. The summed E-state index contributed by atoms with van der Waals surface area (Å²) in [5.41, 5.74) is 12.1. The van der Waals surface area contributed by atoms with Crippen LogP contribution in [0.1, 0.15) is 66.8 Å². The van der Waals surface area contributed by atoms with Crippen LogP contribution in [0.25, 0.3) is 16.8 Å². The van der Waals surface area contributed by atoms with E-state index in [1.165, 1.54) is 38.9 Å². The zero-order valence-corrected chi connectivity index (χ0v) is 20.2. The molecule has 0 atom stereocenters. The lowest BCUT2D eigenvalue weighted by Gasteiger charge is -2.30. The summed E-state index contributed by atoms with van der Waals surface area (Å²) in [4.78, 5) is 4.42. The molecule has 0 aliphatic carbocycles. The van der Waals surface area contributed by atoms with E-state index in [1.807, 2.05) is 17.4 Å². The van der Waals surface area contributed by atoms with E-state index in [1.54, 1.807) is 0 Å². The lowest BCUT2D eigenvalue weighted by Crippen LogP contribution is -2.22. The van der Waals surface area contributed by atoms with Gasteiger partial charge in [0, 0.05) is 23.0 Å². The van der Waals surface area contributed by atoms with E-state index in [4.69, 9.17) is 5.10 Å². The van der Waals surface area contributed by atoms with Gasteiger partial charge in [0.2, 0.25) is 0 Å². The maximum atomic E-state index is 4.76. The third-order valence-corrected chi connectivity index (χ3v) is 6.34. The molecule has 4 rings (SSSR count). The van der Waals surface area contributed by atoms with Crippen LogP contribution in [0.4, 0.5) is 0 Å². The molecule has 3 aromatic rings. The van der Waals surface area contributed by atoms with Crippen LogP contribution in [0.5, 0.6) is 0 Å². The highest BCUT2D eigenvalue weighted by Crippen LogP contribution is 2.34. The van der Waals surface area contributed by atoms with Gasteiger partial charge in [0.1, 0.15) is 0 Å². The molecule has 3 heteroatoms. The summed E-state index contributed by atoms with van der Waals surface area (Å²) in [7, 11) is 0. The van der Waals surface area contributed by atoms with Gasteiger partial charge in [-0.3, -0.25) is 9.99 Å². The lowest BCUT2D eigenvalue weighted by atomic mass is 9.83. The third-order valence-electron chi connectivity index (χ3n) is 6.34. The zero-order valence-electron chi connectivity index (χ0n) is 20.2. The Labute approximate surface area is 192 Å². The summed E-state index contributed by atoms with van der Waals surface area (Å²) < 4.78 is 0. The van der Waals surface area contributed by atoms with E-state index in [0.717, 1.165) is 23.4 Å². The number of pyridine rings is 1. The molecule has 3 nitrogen and oxygen atoms in total. The Morgan fingerprint density at radius 3 is 2.38 bits per heavy atom. The van der Waals surface area contributed by atoms with Gasteiger partial charge in [-0.15, -0.1) is 0 Å². The molecule has 0 unspecified atom stereocenters. The smallest absolute Gasteiger partial charge is 0.0668 e. The normalized spacial score (nSPS) is 13.4. The zero-order chi connectivity index (χ0) is 23.0. The first-order valence-corrected chi connectivity index (χ1v) is 11.4. The van der Waals surface area contributed by atoms with Crippen molar-refractivity contribution in [3.8, 4) is 11.1 Å². The second-order valence-electron chi connectivity index (χ2n) is 9.79. The molecule has 0 bridgehead atoms. The topological polar surface area (TPSA) is 28.5 Å². The van der Waals surface area contributed by atoms with Crippen LogP contribution in [0.15, 0.2) is 60.3 Å². The molecule has 32 heavy (non-hydrogen) atoms. The molecule has 1 aliphatic rings. The molecule has 0 amide bonds. The number of nitrogens with zero attached hydrogens (tertiary/aromatic N) is 3. The number of fused-ring (bicyclic) bond motifs is 1. The Kier molecular flexibility index (Phi) is 5.77. The minimum absolute atomic E-state index is 0.109. The molecule has 1 aliphatic heterocycles. The minimum atomic E-state index is 0.109. The van der Waals surface area contributed by atoms with Gasteiger partial charge in [-0.2, -0.15) is 5.10 Å². The monoisotopic (exact) mass is 423 g/mol. The fourth-order valence-electron chi connectivity index (χ4n) is 4.28. The van der Waals surface area contributed by atoms with Crippen molar-refractivity contribution < 1.29 is 0 Å². The summed E-state index contributed by atoms with van der Waals surface area (Å²) in [5, 5.41) is 6.78. The summed E-state index contributed by atoms with van der Waals surface area (Å²) in [6, 6.07) is 15.5. The number of hydrazone groups is 1. The molecular formula is C29H33N3. The Balaban J connectivity index is 1.60. The van der Waals surface area contributed by atoms with Crippen molar-refractivity contribution >= 4 is 11.9 Å². The molecule has 1 aromatic heterocycles. The van der Waals surface area contributed by atoms with Crippen molar-refractivity contribution in [1.29, 1.82) is 0 Å². The number of hydrogen-bond donors (Lipinski definition) is 0. The molecule has 0 fully saturated rings. The van der Waals surface area contributed by atoms with Gasteiger partial charge < -0.3 is 0 Å². The Hall–Kier alpha value is -3.20. The van der Waals surface area contributed by atoms with Crippen LogP contribution < -0.4 is 0 Å². The van der Waals surface area contributed by atoms with Crippen molar-refractivity contribution in [2.24, 2.45) is 5.10 Å². The first kappa shape index (κ1) is 22.0. The van der Waals surface area contributed by atoms with Crippen molar-refractivity contribution in [3.63, 3.8) is 0 Å². The predicted octanol–water partition coefficient (Wildman–Crippen LogP) is 7.05. The van der Waals surface area contributed by atoms with Gasteiger partial charge in [-0.05, 0) is 77.3 Å². The van der Waals surface area contributed by atoms with E-state index in [-0.39, 0.29) is 5.41 Å². The van der Waals surface area contributed by atoms with E-state index in [9.17, 15) is 0 Å². The van der Waals surface area contributed by atoms with Gasteiger partial charge >= 0.3 is 0 Å². The van der Waals surface area contributed by atoms with E-state index in [2.05, 4.69) is 95.6 Å². The second kappa shape index (κ2) is 8.38. The van der Waals surface area contributed by atoms with Crippen molar-refractivity contribution in [2.45, 2.75) is 59.9 Å². The van der Waals surface area contributed by atoms with Gasteiger partial charge in [-0.1, -0.05) is 58.5 Å². The molecular weight excluding hydrogens is 390 g/mol. The van der Waals surface area contributed by atoms with Gasteiger partial charge in [0.25, 0.3) is 0 Å². The van der Waals surface area contributed by atoms with Crippen molar-refractivity contribution in [1.82, 2.24) is 9.99 Å². The first-order chi connectivity index (χ1) is 15.2. The molecule has 0 saturated carbocycles. The summed E-state index contributed by atoms with van der Waals surface area (Å²) >= 11 is 0. The molecule has 0 radical (unpaired) electrons. The Morgan fingerprint density at radius 1 is 0.938 bits per heavy atom. The number of benzene rings is 2. The van der Waals surface area contributed by atoms with Crippen LogP contribution in [0.3, 0.4) is 0 Å². The second-order valence-corrected chi connectivity index (χ2v) is 9.79. The van der Waals surface area contributed by atoms with Crippen molar-refractivity contribution in [2.75, 3.05) is 0 Å². The van der Waals surface area contributed by atoms with Gasteiger partial charge in [0.05, 0.1) is 18.5 Å². The van der Waals surface area contributed by atoms with Crippen LogP contribution in [0, 0.1) is 13.8 Å². The standard InChI is InChI=1S/C29H33N3/c1-8-27-16-23(11-12-30-27)22-9-10-24(19(2)13-22)18-32-21(4)28-20(3)14-26(29(5,6)7)15-25(28)17-31-32/h9-17H,4,8,18H2,1-3,5-7H3. The summed E-state index contributed by atoms with van der Waals surface area (Å²) in [5.74, 6) is 0. The van der Waals surface area contributed by atoms with Gasteiger partial charge in [0.15, 0.2) is 0 Å². The molecule has 0 spiro atoms. The summed E-state index contributed by atoms with van der Waals surface area (Å²) in [6.07, 6.45) is 4.83. The van der Waals surface area contributed by atoms with E-state index < -0.39 is 0 Å². The first-order valence-electron chi connectivity index (χ1n) is 11.4. The maximum Gasteiger partial charge on any atom is 0.0668 e. The van der Waals surface area contributed by atoms with E-state index in [0.29, 0.717) is 6.54 Å². The highest BCUT2D eigenvalue weighted by molar-refractivity contribution is 5.91. The fourth-order valence-corrected chi connectivity index (χ4v) is 4.28. The Morgan fingerprint density at radius 2 is 1.69 bits per heavy atom. The largest absolute Gasteiger partial charge is 0.261 e. The maximum absolute atomic E-state index is 4.76. The quantitative estimate of drug-likeness (QED) is 0.450. The Bertz CT molecular complexity index is 1210. The number of hydrogen-bond acceptors (Lipinski definition) is 3. The number of aryl methyl sites for hydroxylation is 3. The van der Waals surface area contributed by atoms with Crippen LogP contribution in [-0.2, 0) is 18.4 Å². The number of rotatable bonds is 4. The van der Waals surface area contributed by atoms with E-state index >= 15 is 0 Å². The fraction of sp³-hybridized carbons (Fsp3) is 0.310. The number of aromatic nitrogens is 1.